The summed E-state index contributed by atoms with van der Waals surface area (Å²) in [5.41, 5.74) is 6.60. The molecule has 0 heterocycles. The lowest BCUT2D eigenvalue weighted by atomic mass is 10.1. The maximum Gasteiger partial charge on any atom is 0.258 e. The van der Waals surface area contributed by atoms with Crippen LogP contribution in [0.15, 0.2) is 30.3 Å². The maximum atomic E-state index is 11.6. The molecule has 0 aliphatic heterocycles. The molecule has 0 aliphatic carbocycles. The smallest absolute Gasteiger partial charge is 0.258 e. The van der Waals surface area contributed by atoms with Gasteiger partial charge in [-0.1, -0.05) is 35.9 Å². The van der Waals surface area contributed by atoms with E-state index in [2.05, 4.69) is 18.0 Å². The van der Waals surface area contributed by atoms with Gasteiger partial charge in [-0.3, -0.25) is 4.79 Å². The van der Waals surface area contributed by atoms with Crippen LogP contribution in [0.25, 0.3) is 6.08 Å². The summed E-state index contributed by atoms with van der Waals surface area (Å²) in [6, 6.07) is 7.99. The van der Waals surface area contributed by atoms with Crippen molar-refractivity contribution in [3.8, 4) is 0 Å². The molecule has 0 amide bonds. The molecule has 1 aromatic rings. The van der Waals surface area contributed by atoms with Gasteiger partial charge < -0.3 is 20.5 Å². The van der Waals surface area contributed by atoms with Crippen LogP contribution in [0.1, 0.15) is 17.5 Å². The third-order valence-corrected chi connectivity index (χ3v) is 2.93. The van der Waals surface area contributed by atoms with Gasteiger partial charge in [0.25, 0.3) is 10.3 Å². The molecule has 0 bridgehead atoms. The minimum Gasteiger partial charge on any atom is -0.487 e. The number of hydrogen-bond acceptors (Lipinski definition) is 4. The number of allylic oxidation sites excluding steroid dienone is 1. The van der Waals surface area contributed by atoms with Crippen molar-refractivity contribution in [2.24, 2.45) is 5.73 Å². The van der Waals surface area contributed by atoms with Gasteiger partial charge >= 0.3 is 0 Å². The van der Waals surface area contributed by atoms with Gasteiger partial charge in [0, 0.05) is 20.5 Å². The van der Waals surface area contributed by atoms with Gasteiger partial charge in [0.2, 0.25) is 0 Å². The van der Waals surface area contributed by atoms with Crippen molar-refractivity contribution in [3.05, 3.63) is 41.5 Å². The molecule has 7 heteroatoms. The summed E-state index contributed by atoms with van der Waals surface area (Å²) in [5.74, 6) is 0.0306. The number of carbonyl (C=O) groups is 1. The molecule has 0 fully saturated rings. The van der Waals surface area contributed by atoms with E-state index >= 15 is 0 Å². The quantitative estimate of drug-likeness (QED) is 0.622. The van der Waals surface area contributed by atoms with Gasteiger partial charge in [0.15, 0.2) is 5.78 Å². The number of rotatable bonds is 5. The average molecular weight is 354 g/mol. The van der Waals surface area contributed by atoms with E-state index in [1.807, 2.05) is 51.4 Å². The van der Waals surface area contributed by atoms with E-state index in [4.69, 9.17) is 22.1 Å². The summed E-state index contributed by atoms with van der Waals surface area (Å²) >= 11 is 8.83. The highest BCUT2D eigenvalue weighted by Gasteiger charge is 2.02. The first-order valence-electron chi connectivity index (χ1n) is 6.82. The Kier molecular flexibility index (Phi) is 10.6. The molecule has 1 aromatic carbocycles. The van der Waals surface area contributed by atoms with E-state index in [1.54, 1.807) is 11.0 Å². The van der Waals surface area contributed by atoms with Gasteiger partial charge in [-0.2, -0.15) is 0 Å². The fourth-order valence-corrected chi connectivity index (χ4v) is 1.50. The van der Waals surface area contributed by atoms with Crippen LogP contribution in [-0.2, 0) is 9.53 Å². The molecule has 126 valence electrons. The van der Waals surface area contributed by atoms with Gasteiger partial charge in [0.05, 0.1) is 6.61 Å². The fourth-order valence-electron chi connectivity index (χ4n) is 1.41. The molecule has 0 atom stereocenters. The third kappa shape index (κ3) is 12.3. The van der Waals surface area contributed by atoms with Crippen LogP contribution in [0.2, 0.25) is 0 Å². The Morgan fingerprint density at radius 2 is 2.00 bits per heavy atom. The van der Waals surface area contributed by atoms with Crippen LogP contribution in [0.5, 0.6) is 0 Å². The number of nitrogens with zero attached hydrogens (tertiary/aromatic N) is 1. The Morgan fingerprint density at radius 3 is 2.52 bits per heavy atom. The van der Waals surface area contributed by atoms with Crippen molar-refractivity contribution in [1.29, 1.82) is 0 Å². The second kappa shape index (κ2) is 11.6. The lowest BCUT2D eigenvalue weighted by Gasteiger charge is -2.13. The normalized spacial score (nSPS) is 9.70. The van der Waals surface area contributed by atoms with Gasteiger partial charge in [0.1, 0.15) is 0 Å². The highest BCUT2D eigenvalue weighted by Crippen LogP contribution is 2.06. The number of hydrogen-bond donors (Lipinski definition) is 2. The number of nitrogens with two attached hydrogens (primary N) is 1. The lowest BCUT2D eigenvalue weighted by molar-refractivity contribution is -0.115. The Bertz CT molecular complexity index is 568. The Morgan fingerprint density at radius 1 is 1.39 bits per heavy atom. The minimum absolute atomic E-state index is 0.0306. The number of benzene rings is 1. The van der Waals surface area contributed by atoms with Crippen molar-refractivity contribution < 1.29 is 14.6 Å². The summed E-state index contributed by atoms with van der Waals surface area (Å²) in [5, 5.41) is 7.46. The first-order chi connectivity index (χ1) is 10.7. The molecule has 0 aromatic heterocycles. The van der Waals surface area contributed by atoms with Crippen molar-refractivity contribution >= 4 is 46.6 Å². The topological polar surface area (TPSA) is 75.8 Å². The van der Waals surface area contributed by atoms with Crippen LogP contribution >= 0.6 is 24.4 Å². The summed E-state index contributed by atoms with van der Waals surface area (Å²) in [7, 11) is 3.61. The largest absolute Gasteiger partial charge is 0.487 e. The molecule has 23 heavy (non-hydrogen) atoms. The summed E-state index contributed by atoms with van der Waals surface area (Å²) in [6.45, 7) is 2.34. The molecular weight excluding hydrogens is 332 g/mol. The highest BCUT2D eigenvalue weighted by atomic mass is 32.1. The Labute approximate surface area is 147 Å². The monoisotopic (exact) mass is 354 g/mol. The summed E-state index contributed by atoms with van der Waals surface area (Å²) in [4.78, 5) is 13.3. The number of thiocarbonyl (C=S) groups is 2. The molecule has 0 aliphatic rings. The van der Waals surface area contributed by atoms with Crippen LogP contribution in [0, 0.1) is 6.92 Å². The van der Waals surface area contributed by atoms with Crippen molar-refractivity contribution in [1.82, 2.24) is 4.90 Å². The van der Waals surface area contributed by atoms with Gasteiger partial charge in [-0.25, -0.2) is 0 Å². The second-order valence-corrected chi connectivity index (χ2v) is 5.58. The predicted molar refractivity (Wildman–Crippen MR) is 101 cm³/mol. The van der Waals surface area contributed by atoms with Crippen LogP contribution in [-0.4, -0.2) is 46.8 Å². The Balaban J connectivity index is 0.00000108. The van der Waals surface area contributed by atoms with E-state index in [1.165, 1.54) is 5.56 Å². The summed E-state index contributed by atoms with van der Waals surface area (Å²) < 4.78 is 5.25. The fraction of sp³-hybridized carbons (Fsp3) is 0.312. The zero-order chi connectivity index (χ0) is 17.8. The van der Waals surface area contributed by atoms with Crippen molar-refractivity contribution in [2.75, 3.05) is 20.7 Å². The lowest BCUT2D eigenvalue weighted by Crippen LogP contribution is -2.23. The van der Waals surface area contributed by atoms with Crippen molar-refractivity contribution in [2.45, 2.75) is 13.3 Å². The molecule has 0 saturated carbocycles. The first-order valence-corrected chi connectivity index (χ1v) is 7.64. The predicted octanol–water partition coefficient (Wildman–Crippen LogP) is 2.62. The molecule has 3 N–H and O–H groups in total. The number of aliphatic hydroxyl groups is 1. The molecule has 0 unspecified atom stereocenters. The number of carbonyl (C=O) groups excluding carboxylic acids is 1. The Hall–Kier alpha value is -1.99. The third-order valence-electron chi connectivity index (χ3n) is 2.44. The number of aryl methyl sites for hydroxylation is 1. The molecule has 1 rings (SSSR count). The first kappa shape index (κ1) is 21.0. The van der Waals surface area contributed by atoms with Crippen molar-refractivity contribution in [3.63, 3.8) is 0 Å². The number of aliphatic hydroxyl groups excluding tert-OH is 1. The minimum atomic E-state index is -0.500. The van der Waals surface area contributed by atoms with Gasteiger partial charge in [-0.15, -0.1) is 0 Å². The SMILES string of the molecule is Cc1cccc(C=CC(=O)CCOC(=S)N(C)C)c1.NC(O)=S. The zero-order valence-corrected chi connectivity index (χ0v) is 15.1. The zero-order valence-electron chi connectivity index (χ0n) is 13.5. The molecule has 0 saturated heterocycles. The van der Waals surface area contributed by atoms with E-state index in [-0.39, 0.29) is 5.78 Å². The van der Waals surface area contributed by atoms with E-state index < -0.39 is 5.17 Å². The van der Waals surface area contributed by atoms with Crippen LogP contribution < -0.4 is 5.73 Å². The number of ketones is 1. The highest BCUT2D eigenvalue weighted by molar-refractivity contribution is 7.80. The molecule has 0 spiro atoms. The molecule has 5 nitrogen and oxygen atoms in total. The van der Waals surface area contributed by atoms with E-state index in [0.29, 0.717) is 18.2 Å². The maximum absolute atomic E-state index is 11.6. The molecular formula is C16H22N2O3S2. The van der Waals surface area contributed by atoms with Crippen LogP contribution in [0.4, 0.5) is 0 Å². The molecule has 0 radical (unpaired) electrons. The second-order valence-electron chi connectivity index (χ2n) is 4.81. The van der Waals surface area contributed by atoms with E-state index in [9.17, 15) is 4.79 Å². The summed E-state index contributed by atoms with van der Waals surface area (Å²) in [6.07, 6.45) is 3.73. The van der Waals surface area contributed by atoms with Gasteiger partial charge in [-0.05, 0) is 43.0 Å². The van der Waals surface area contributed by atoms with E-state index in [0.717, 1.165) is 5.56 Å². The van der Waals surface area contributed by atoms with Crippen LogP contribution in [0.3, 0.4) is 0 Å². The average Bonchev–Trinajstić information content (AvgIpc) is 2.44. The number of ether oxygens (including phenoxy) is 1. The standard InChI is InChI=1S/C15H19NO2S.CH3NOS/c1-12-5-4-6-13(11-12)7-8-14(17)9-10-18-15(19)16(2)3;2-1(3)4/h4-8,11H,9-10H2,1-3H3;(H3,2,3,4).